The zero-order valence-corrected chi connectivity index (χ0v) is 17.5. The zero-order chi connectivity index (χ0) is 22.2. The molecule has 0 radical (unpaired) electrons. The Morgan fingerprint density at radius 2 is 1.16 bits per heavy atom. The monoisotopic (exact) mass is 425 g/mol. The van der Waals surface area contributed by atoms with Gasteiger partial charge in [0, 0.05) is 17.1 Å². The number of para-hydroxylation sites is 2. The van der Waals surface area contributed by atoms with Crippen LogP contribution >= 0.6 is 0 Å². The lowest BCUT2D eigenvalue weighted by molar-refractivity contribution is -0.114. The van der Waals surface area contributed by atoms with E-state index in [2.05, 4.69) is 36.2 Å². The molecule has 160 valence electrons. The number of anilines is 6. The van der Waals surface area contributed by atoms with Crippen molar-refractivity contribution < 1.29 is 4.79 Å². The molecule has 0 aliphatic heterocycles. The summed E-state index contributed by atoms with van der Waals surface area (Å²) in [7, 11) is 0. The molecule has 0 aliphatic rings. The third kappa shape index (κ3) is 6.02. The summed E-state index contributed by atoms with van der Waals surface area (Å²) in [4.78, 5) is 25.6. The molecule has 0 bridgehead atoms. The first-order valence-corrected chi connectivity index (χ1v) is 10.1. The Morgan fingerprint density at radius 3 is 1.69 bits per heavy atom. The fraction of sp³-hybridized carbons (Fsp3) is 0.0833. The summed E-state index contributed by atoms with van der Waals surface area (Å²) in [6.45, 7) is 2.00. The number of rotatable bonds is 8. The number of aryl methyl sites for hydroxylation is 1. The molecule has 0 saturated carbocycles. The molecule has 1 aromatic heterocycles. The van der Waals surface area contributed by atoms with Crippen molar-refractivity contribution in [3.63, 3.8) is 0 Å². The van der Waals surface area contributed by atoms with Gasteiger partial charge in [-0.25, -0.2) is 0 Å². The molecule has 0 unspecified atom stereocenters. The van der Waals surface area contributed by atoms with E-state index < -0.39 is 0 Å². The number of amides is 1. The highest BCUT2D eigenvalue weighted by Crippen LogP contribution is 2.18. The predicted molar refractivity (Wildman–Crippen MR) is 128 cm³/mol. The van der Waals surface area contributed by atoms with Crippen molar-refractivity contribution in [3.05, 3.63) is 90.5 Å². The highest BCUT2D eigenvalue weighted by atomic mass is 16.1. The lowest BCUT2D eigenvalue weighted by atomic mass is 10.2. The van der Waals surface area contributed by atoms with Crippen molar-refractivity contribution in [2.24, 2.45) is 0 Å². The van der Waals surface area contributed by atoms with E-state index in [1.807, 2.05) is 91.9 Å². The van der Waals surface area contributed by atoms with Crippen LogP contribution in [0.5, 0.6) is 0 Å². The summed E-state index contributed by atoms with van der Waals surface area (Å²) in [5.41, 5.74) is 3.54. The molecule has 4 aromatic rings. The average Bonchev–Trinajstić information content (AvgIpc) is 2.80. The van der Waals surface area contributed by atoms with Gasteiger partial charge in [-0.05, 0) is 43.3 Å². The quantitative estimate of drug-likeness (QED) is 0.324. The van der Waals surface area contributed by atoms with E-state index >= 15 is 0 Å². The van der Waals surface area contributed by atoms with Crippen molar-refractivity contribution >= 4 is 40.8 Å². The zero-order valence-electron chi connectivity index (χ0n) is 17.5. The van der Waals surface area contributed by atoms with E-state index in [0.29, 0.717) is 11.9 Å². The number of benzene rings is 3. The summed E-state index contributed by atoms with van der Waals surface area (Å²) in [5.74, 6) is 0.775. The Labute approximate surface area is 186 Å². The van der Waals surface area contributed by atoms with Gasteiger partial charge in [0.15, 0.2) is 0 Å². The molecule has 0 aliphatic carbocycles. The molecule has 3 aromatic carbocycles. The van der Waals surface area contributed by atoms with Crippen molar-refractivity contribution in [2.45, 2.75) is 6.92 Å². The Hall–Kier alpha value is -4.46. The second-order valence-electron chi connectivity index (χ2n) is 7.06. The average molecular weight is 425 g/mol. The van der Waals surface area contributed by atoms with Crippen LogP contribution in [0.25, 0.3) is 0 Å². The van der Waals surface area contributed by atoms with E-state index in [9.17, 15) is 4.79 Å². The molecule has 0 atom stereocenters. The number of nitrogens with zero attached hydrogens (tertiary/aromatic N) is 3. The minimum atomic E-state index is -0.204. The molecular formula is C24H23N7O. The summed E-state index contributed by atoms with van der Waals surface area (Å²) >= 11 is 0. The van der Waals surface area contributed by atoms with E-state index in [-0.39, 0.29) is 18.4 Å². The van der Waals surface area contributed by atoms with Gasteiger partial charge < -0.3 is 21.3 Å². The van der Waals surface area contributed by atoms with Crippen LogP contribution in [-0.4, -0.2) is 27.4 Å². The van der Waals surface area contributed by atoms with Crippen molar-refractivity contribution in [1.82, 2.24) is 15.0 Å². The number of aromatic nitrogens is 3. The SMILES string of the molecule is Cc1ccc(NC(=O)CNc2nc(Nc3ccccc3)nc(Nc3ccccc3)n2)cc1. The maximum atomic E-state index is 12.3. The highest BCUT2D eigenvalue weighted by Gasteiger charge is 2.09. The van der Waals surface area contributed by atoms with Crippen LogP contribution in [0.4, 0.5) is 34.9 Å². The summed E-state index contributed by atoms with van der Waals surface area (Å²) < 4.78 is 0. The van der Waals surface area contributed by atoms with Gasteiger partial charge in [-0.2, -0.15) is 15.0 Å². The first-order chi connectivity index (χ1) is 15.6. The lowest BCUT2D eigenvalue weighted by Gasteiger charge is -2.11. The number of hydrogen-bond acceptors (Lipinski definition) is 7. The molecule has 8 nitrogen and oxygen atoms in total. The normalized spacial score (nSPS) is 10.3. The number of nitrogens with one attached hydrogen (secondary N) is 4. The van der Waals surface area contributed by atoms with E-state index in [1.54, 1.807) is 0 Å². The van der Waals surface area contributed by atoms with Crippen LogP contribution in [0.1, 0.15) is 5.56 Å². The molecule has 32 heavy (non-hydrogen) atoms. The summed E-state index contributed by atoms with van der Waals surface area (Å²) in [5, 5.41) is 12.1. The first kappa shape index (κ1) is 20.8. The predicted octanol–water partition coefficient (Wildman–Crippen LogP) is 4.72. The van der Waals surface area contributed by atoms with Crippen LogP contribution in [0.2, 0.25) is 0 Å². The number of carbonyl (C=O) groups is 1. The minimum Gasteiger partial charge on any atom is -0.345 e. The van der Waals surface area contributed by atoms with Gasteiger partial charge in [-0.3, -0.25) is 4.79 Å². The van der Waals surface area contributed by atoms with Crippen LogP contribution < -0.4 is 21.3 Å². The van der Waals surface area contributed by atoms with Crippen molar-refractivity contribution in [3.8, 4) is 0 Å². The molecule has 0 saturated heterocycles. The van der Waals surface area contributed by atoms with Crippen LogP contribution in [0.15, 0.2) is 84.9 Å². The van der Waals surface area contributed by atoms with E-state index in [4.69, 9.17) is 0 Å². The molecule has 1 amide bonds. The molecular weight excluding hydrogens is 402 g/mol. The summed E-state index contributed by atoms with van der Waals surface area (Å²) in [6, 6.07) is 26.8. The maximum absolute atomic E-state index is 12.3. The Morgan fingerprint density at radius 1 is 0.656 bits per heavy atom. The van der Waals surface area contributed by atoms with Crippen molar-refractivity contribution in [1.29, 1.82) is 0 Å². The van der Waals surface area contributed by atoms with Crippen molar-refractivity contribution in [2.75, 3.05) is 27.8 Å². The van der Waals surface area contributed by atoms with Crippen LogP contribution in [0, 0.1) is 6.92 Å². The standard InChI is InChI=1S/C24H23N7O/c1-17-12-14-20(15-13-17)26-21(32)16-25-22-29-23(27-18-8-4-2-5-9-18)31-24(30-22)28-19-10-6-3-7-11-19/h2-15H,16H2,1H3,(H,26,32)(H3,25,27,28,29,30,31). The number of hydrogen-bond donors (Lipinski definition) is 4. The fourth-order valence-corrected chi connectivity index (χ4v) is 2.87. The Bertz CT molecular complexity index is 1110. The largest absolute Gasteiger partial charge is 0.345 e. The van der Waals surface area contributed by atoms with Gasteiger partial charge in [-0.15, -0.1) is 0 Å². The molecule has 1 heterocycles. The lowest BCUT2D eigenvalue weighted by Crippen LogP contribution is -2.23. The third-order valence-corrected chi connectivity index (χ3v) is 4.44. The smallest absolute Gasteiger partial charge is 0.243 e. The molecule has 0 spiro atoms. The summed E-state index contributed by atoms with van der Waals surface area (Å²) in [6.07, 6.45) is 0. The molecule has 0 fully saturated rings. The van der Waals surface area contributed by atoms with E-state index in [1.165, 1.54) is 0 Å². The molecule has 4 rings (SSSR count). The Kier molecular flexibility index (Phi) is 6.52. The van der Waals surface area contributed by atoms with Crippen LogP contribution in [-0.2, 0) is 4.79 Å². The van der Waals surface area contributed by atoms with E-state index in [0.717, 1.165) is 22.6 Å². The first-order valence-electron chi connectivity index (χ1n) is 10.1. The second-order valence-corrected chi connectivity index (χ2v) is 7.06. The van der Waals surface area contributed by atoms with Gasteiger partial charge >= 0.3 is 0 Å². The van der Waals surface area contributed by atoms with Gasteiger partial charge in [0.25, 0.3) is 0 Å². The van der Waals surface area contributed by atoms with Gasteiger partial charge in [0.05, 0.1) is 6.54 Å². The molecule has 8 heteroatoms. The van der Waals surface area contributed by atoms with Gasteiger partial charge in [-0.1, -0.05) is 54.1 Å². The Balaban J connectivity index is 1.48. The number of carbonyl (C=O) groups excluding carboxylic acids is 1. The maximum Gasteiger partial charge on any atom is 0.243 e. The van der Waals surface area contributed by atoms with Gasteiger partial charge in [0.2, 0.25) is 23.8 Å². The molecule has 4 N–H and O–H groups in total. The highest BCUT2D eigenvalue weighted by molar-refractivity contribution is 5.93. The fourth-order valence-electron chi connectivity index (χ4n) is 2.87. The second kappa shape index (κ2) is 10.0. The third-order valence-electron chi connectivity index (χ3n) is 4.44. The minimum absolute atomic E-state index is 0.00738. The topological polar surface area (TPSA) is 104 Å². The van der Waals surface area contributed by atoms with Crippen LogP contribution in [0.3, 0.4) is 0 Å². The van der Waals surface area contributed by atoms with Gasteiger partial charge in [0.1, 0.15) is 0 Å².